The lowest BCUT2D eigenvalue weighted by molar-refractivity contribution is -0.156. The van der Waals surface area contributed by atoms with Gasteiger partial charge in [0.25, 0.3) is 6.47 Å². The van der Waals surface area contributed by atoms with Crippen molar-refractivity contribution in [2.75, 3.05) is 13.2 Å². The van der Waals surface area contributed by atoms with Gasteiger partial charge >= 0.3 is 11.9 Å². The average Bonchev–Trinajstić information content (AvgIpc) is 2.91. The lowest BCUT2D eigenvalue weighted by Gasteiger charge is -2.22. The molecule has 2 aromatic carbocycles. The maximum atomic E-state index is 11.8. The molecule has 2 rings (SSSR count). The summed E-state index contributed by atoms with van der Waals surface area (Å²) < 4.78 is 16.0. The molecule has 0 aliphatic carbocycles. The van der Waals surface area contributed by atoms with Gasteiger partial charge in [0.15, 0.2) is 0 Å². The Morgan fingerprint density at radius 1 is 0.833 bits per heavy atom. The third-order valence-electron chi connectivity index (χ3n) is 4.76. The number of carbonyl (C=O) groups is 3. The maximum Gasteiger partial charge on any atom is 0.323 e. The zero-order valence-corrected chi connectivity index (χ0v) is 25.4. The number of carboxylic acids is 1. The van der Waals surface area contributed by atoms with Gasteiger partial charge in [-0.05, 0) is 82.9 Å². The van der Waals surface area contributed by atoms with Gasteiger partial charge in [-0.15, -0.1) is 24.2 Å². The monoisotopic (exact) mass is 604 g/mol. The van der Waals surface area contributed by atoms with Gasteiger partial charge in [0.1, 0.15) is 42.4 Å². The second-order valence-electron chi connectivity index (χ2n) is 9.32. The first-order valence-corrected chi connectivity index (χ1v) is 12.6. The number of carbonyl (C=O) groups excluding carboxylic acids is 1. The highest BCUT2D eigenvalue weighted by molar-refractivity contribution is 5.85. The quantitative estimate of drug-likeness (QED) is 0.179. The summed E-state index contributed by atoms with van der Waals surface area (Å²) >= 11 is 0. The van der Waals surface area contributed by atoms with Crippen LogP contribution >= 0.6 is 12.4 Å². The number of halogens is 1. The fourth-order valence-electron chi connectivity index (χ4n) is 2.88. The molecule has 10 nitrogen and oxygen atoms in total. The van der Waals surface area contributed by atoms with E-state index >= 15 is 0 Å². The van der Waals surface area contributed by atoms with Crippen molar-refractivity contribution in [2.45, 2.75) is 65.1 Å². The second-order valence-corrected chi connectivity index (χ2v) is 9.32. The van der Waals surface area contributed by atoms with Crippen LogP contribution in [0.15, 0.2) is 48.5 Å². The predicted octanol–water partition coefficient (Wildman–Crippen LogP) is 3.47. The standard InChI is InChI=1S/C17H23NO3.C13H15NO3.CH2O2.ClH/c1-5-6-11-20-14-9-7-13(8-10-14)12-15(18)16(19)21-17(2,3)4;1-2-3-8-17-11-6-4-10(5-7-11)9-12(14)13(15)16;2-1-3;/h7-10,15H,11-12,18H2,1-4H3;4-7,12H,8-9,14H2,1H3,(H,15,16);1H,(H,2,3);1H/t15-;12-;;/m00../s1. The number of ether oxygens (including phenoxy) is 3. The Morgan fingerprint density at radius 2 is 1.19 bits per heavy atom. The maximum absolute atomic E-state index is 11.8. The molecule has 0 unspecified atom stereocenters. The van der Waals surface area contributed by atoms with E-state index in [0.29, 0.717) is 31.8 Å². The van der Waals surface area contributed by atoms with Crippen molar-refractivity contribution < 1.29 is 38.8 Å². The summed E-state index contributed by atoms with van der Waals surface area (Å²) in [5.74, 6) is 11.2. The first-order chi connectivity index (χ1) is 19.4. The van der Waals surface area contributed by atoms with Crippen LogP contribution in [0.4, 0.5) is 0 Å². The van der Waals surface area contributed by atoms with E-state index in [9.17, 15) is 9.59 Å². The molecule has 0 saturated heterocycles. The van der Waals surface area contributed by atoms with Crippen molar-refractivity contribution in [2.24, 2.45) is 11.5 Å². The van der Waals surface area contributed by atoms with Crippen LogP contribution in [0.25, 0.3) is 0 Å². The van der Waals surface area contributed by atoms with Gasteiger partial charge in [-0.1, -0.05) is 36.1 Å². The van der Waals surface area contributed by atoms with Crippen LogP contribution in [0.3, 0.4) is 0 Å². The number of nitrogens with two attached hydrogens (primary N) is 2. The van der Waals surface area contributed by atoms with Crippen LogP contribution in [-0.4, -0.2) is 59.5 Å². The summed E-state index contributed by atoms with van der Waals surface area (Å²) in [7, 11) is 0. The Hall–Kier alpha value is -4.22. The minimum Gasteiger partial charge on any atom is -0.483 e. The molecule has 0 amide bonds. The molecular weight excluding hydrogens is 564 g/mol. The van der Waals surface area contributed by atoms with Gasteiger partial charge in [0.2, 0.25) is 0 Å². The lowest BCUT2D eigenvalue weighted by Crippen LogP contribution is -2.38. The fourth-order valence-corrected chi connectivity index (χ4v) is 2.88. The molecule has 0 heterocycles. The third kappa shape index (κ3) is 19.8. The summed E-state index contributed by atoms with van der Waals surface area (Å²) in [6.45, 7) is 9.46. The van der Waals surface area contributed by atoms with Crippen molar-refractivity contribution in [3.05, 3.63) is 59.7 Å². The Kier molecular flexibility index (Phi) is 21.4. The summed E-state index contributed by atoms with van der Waals surface area (Å²) in [4.78, 5) is 30.8. The lowest BCUT2D eigenvalue weighted by atomic mass is 10.1. The van der Waals surface area contributed by atoms with E-state index in [1.807, 2.05) is 45.0 Å². The molecule has 42 heavy (non-hydrogen) atoms. The largest absolute Gasteiger partial charge is 0.483 e. The Balaban J connectivity index is 0. The van der Waals surface area contributed by atoms with Crippen molar-refractivity contribution in [1.82, 2.24) is 0 Å². The molecule has 0 fully saturated rings. The highest BCUT2D eigenvalue weighted by Crippen LogP contribution is 2.15. The Bertz CT molecular complexity index is 1190. The molecule has 0 bridgehead atoms. The van der Waals surface area contributed by atoms with Crippen molar-refractivity contribution in [3.63, 3.8) is 0 Å². The highest BCUT2D eigenvalue weighted by atomic mass is 35.5. The predicted molar refractivity (Wildman–Crippen MR) is 164 cm³/mol. The number of rotatable bonds is 10. The van der Waals surface area contributed by atoms with Crippen molar-refractivity contribution in [3.8, 4) is 35.2 Å². The van der Waals surface area contributed by atoms with Crippen molar-refractivity contribution >= 4 is 30.8 Å². The number of aliphatic carboxylic acids is 1. The summed E-state index contributed by atoms with van der Waals surface area (Å²) in [5, 5.41) is 15.6. The van der Waals surface area contributed by atoms with Crippen LogP contribution in [0.2, 0.25) is 0 Å². The molecule has 2 atom stereocenters. The molecule has 0 aromatic heterocycles. The van der Waals surface area contributed by atoms with E-state index in [1.54, 1.807) is 38.1 Å². The molecule has 0 saturated carbocycles. The second kappa shape index (κ2) is 22.5. The smallest absolute Gasteiger partial charge is 0.323 e. The van der Waals surface area contributed by atoms with E-state index in [1.165, 1.54) is 0 Å². The Labute approximate surface area is 254 Å². The first-order valence-electron chi connectivity index (χ1n) is 12.6. The van der Waals surface area contributed by atoms with Gasteiger partial charge in [-0.2, -0.15) is 0 Å². The number of esters is 1. The van der Waals surface area contributed by atoms with Crippen LogP contribution in [0.5, 0.6) is 11.5 Å². The van der Waals surface area contributed by atoms with Crippen LogP contribution in [-0.2, 0) is 32.0 Å². The summed E-state index contributed by atoms with van der Waals surface area (Å²) in [5.41, 5.74) is 12.6. The zero-order chi connectivity index (χ0) is 31.3. The first kappa shape index (κ1) is 39.9. The van der Waals surface area contributed by atoms with Crippen molar-refractivity contribution in [1.29, 1.82) is 0 Å². The van der Waals surface area contributed by atoms with Gasteiger partial charge in [0, 0.05) is 0 Å². The number of hydrogen-bond acceptors (Lipinski definition) is 8. The molecule has 0 aliphatic heterocycles. The summed E-state index contributed by atoms with van der Waals surface area (Å²) in [6.07, 6.45) is 0.744. The molecule has 230 valence electrons. The number of benzene rings is 2. The number of hydrogen-bond donors (Lipinski definition) is 4. The average molecular weight is 605 g/mol. The molecule has 0 radical (unpaired) electrons. The van der Waals surface area contributed by atoms with E-state index in [4.69, 9.17) is 40.7 Å². The fraction of sp³-hybridized carbons (Fsp3) is 0.387. The zero-order valence-electron chi connectivity index (χ0n) is 24.6. The molecule has 6 N–H and O–H groups in total. The summed E-state index contributed by atoms with van der Waals surface area (Å²) in [6, 6.07) is 13.1. The SMILES string of the molecule is CC#CCOc1ccc(C[C@H](N)C(=O)O)cc1.CC#CCOc1ccc(C[C@H](N)C(=O)OC(C)(C)C)cc1.Cl.O=CO. The van der Waals surface area contributed by atoms with Crippen LogP contribution in [0.1, 0.15) is 45.7 Å². The Morgan fingerprint density at radius 3 is 1.50 bits per heavy atom. The van der Waals surface area contributed by atoms with Crippen LogP contribution < -0.4 is 20.9 Å². The molecule has 0 spiro atoms. The van der Waals surface area contributed by atoms with Gasteiger partial charge in [-0.25, -0.2) is 0 Å². The molecule has 0 aliphatic rings. The van der Waals surface area contributed by atoms with E-state index < -0.39 is 23.7 Å². The molecule has 2 aromatic rings. The van der Waals surface area contributed by atoms with Gasteiger partial charge in [-0.3, -0.25) is 14.4 Å². The topological polar surface area (TPSA) is 171 Å². The van der Waals surface area contributed by atoms with E-state index in [2.05, 4.69) is 23.7 Å². The number of carboxylic acid groups (broad SMARTS) is 2. The third-order valence-corrected chi connectivity index (χ3v) is 4.76. The van der Waals surface area contributed by atoms with Gasteiger partial charge in [0.05, 0.1) is 0 Å². The van der Waals surface area contributed by atoms with E-state index in [-0.39, 0.29) is 24.8 Å². The van der Waals surface area contributed by atoms with Crippen LogP contribution in [0, 0.1) is 23.7 Å². The van der Waals surface area contributed by atoms with Gasteiger partial charge < -0.3 is 35.9 Å². The minimum atomic E-state index is -0.997. The minimum absolute atomic E-state index is 0. The highest BCUT2D eigenvalue weighted by Gasteiger charge is 2.22. The normalized spacial score (nSPS) is 10.8. The van der Waals surface area contributed by atoms with E-state index in [0.717, 1.165) is 16.9 Å². The molecular formula is C31H41ClN2O8. The molecule has 11 heteroatoms.